The van der Waals surface area contributed by atoms with E-state index in [0.717, 1.165) is 0 Å². The molecule has 0 amide bonds. The normalized spacial score (nSPS) is 31.4. The largest absolute Gasteiger partial charge is 0.388 e. The van der Waals surface area contributed by atoms with E-state index in [0.29, 0.717) is 0 Å². The summed E-state index contributed by atoms with van der Waals surface area (Å²) in [5.41, 5.74) is -0.583. The molecule has 0 aromatic heterocycles. The average molecular weight is 126 g/mol. The van der Waals surface area contributed by atoms with Crippen LogP contribution >= 0.6 is 0 Å². The molecule has 0 saturated heterocycles. The zero-order chi connectivity index (χ0) is 7.07. The summed E-state index contributed by atoms with van der Waals surface area (Å²) < 4.78 is 0. The minimum atomic E-state index is -0.593. The molecule has 0 unspecified atom stereocenters. The molecule has 50 valence electrons. The van der Waals surface area contributed by atoms with Gasteiger partial charge >= 0.3 is 0 Å². The molecule has 0 heterocycles. The Kier molecular flexibility index (Phi) is 1.21. The summed E-state index contributed by atoms with van der Waals surface area (Å²) in [5, 5.41) is 9.12. The van der Waals surface area contributed by atoms with Gasteiger partial charge in [0.2, 0.25) is 0 Å². The van der Waals surface area contributed by atoms with Gasteiger partial charge in [0.05, 0.1) is 11.5 Å². The minimum absolute atomic E-state index is 0.00926. The fourth-order valence-corrected chi connectivity index (χ4v) is 0.780. The molecule has 9 heavy (non-hydrogen) atoms. The SMILES string of the molecule is CC1(C)C(=O)C=C[C@@H]1O. The smallest absolute Gasteiger partial charge is 0.163 e. The van der Waals surface area contributed by atoms with Gasteiger partial charge in [0, 0.05) is 0 Å². The molecular weight excluding hydrogens is 116 g/mol. The molecule has 1 rings (SSSR count). The molecule has 2 nitrogen and oxygen atoms in total. The van der Waals surface area contributed by atoms with E-state index < -0.39 is 11.5 Å². The Balaban J connectivity index is 2.88. The quantitative estimate of drug-likeness (QED) is 0.513. The highest BCUT2D eigenvalue weighted by atomic mass is 16.3. The predicted octanol–water partition coefficient (Wildman–Crippen LogP) is 0.512. The fraction of sp³-hybridized carbons (Fsp3) is 0.571. The van der Waals surface area contributed by atoms with E-state index in [-0.39, 0.29) is 5.78 Å². The van der Waals surface area contributed by atoms with Crippen LogP contribution in [0.1, 0.15) is 13.8 Å². The van der Waals surface area contributed by atoms with Crippen molar-refractivity contribution in [2.75, 3.05) is 0 Å². The first-order valence-electron chi connectivity index (χ1n) is 2.96. The van der Waals surface area contributed by atoms with E-state index >= 15 is 0 Å². The van der Waals surface area contributed by atoms with Crippen LogP contribution in [0.5, 0.6) is 0 Å². The third-order valence-corrected chi connectivity index (χ3v) is 1.80. The van der Waals surface area contributed by atoms with E-state index in [2.05, 4.69) is 0 Å². The summed E-state index contributed by atoms with van der Waals surface area (Å²) in [5.74, 6) is 0.00926. The monoisotopic (exact) mass is 126 g/mol. The highest BCUT2D eigenvalue weighted by Crippen LogP contribution is 2.28. The number of carbonyl (C=O) groups excluding carboxylic acids is 1. The zero-order valence-electron chi connectivity index (χ0n) is 5.59. The van der Waals surface area contributed by atoms with Crippen LogP contribution < -0.4 is 0 Å². The number of allylic oxidation sites excluding steroid dienone is 1. The highest BCUT2D eigenvalue weighted by molar-refractivity contribution is 5.97. The Morgan fingerprint density at radius 2 is 2.22 bits per heavy atom. The van der Waals surface area contributed by atoms with Crippen LogP contribution in [0.15, 0.2) is 12.2 Å². The molecule has 1 N–H and O–H groups in total. The molecule has 2 heteroatoms. The number of hydrogen-bond acceptors (Lipinski definition) is 2. The van der Waals surface area contributed by atoms with E-state index in [9.17, 15) is 4.79 Å². The summed E-state index contributed by atoms with van der Waals surface area (Å²) >= 11 is 0. The molecule has 0 aliphatic heterocycles. The molecule has 1 atom stereocenters. The predicted molar refractivity (Wildman–Crippen MR) is 33.9 cm³/mol. The van der Waals surface area contributed by atoms with E-state index in [1.807, 2.05) is 0 Å². The van der Waals surface area contributed by atoms with Crippen molar-refractivity contribution in [3.05, 3.63) is 12.2 Å². The molecule has 0 bridgehead atoms. The Hall–Kier alpha value is -0.630. The van der Waals surface area contributed by atoms with Crippen LogP contribution in [-0.4, -0.2) is 17.0 Å². The van der Waals surface area contributed by atoms with Crippen molar-refractivity contribution in [2.24, 2.45) is 5.41 Å². The molecule has 0 spiro atoms. The van der Waals surface area contributed by atoms with Gasteiger partial charge in [-0.3, -0.25) is 4.79 Å². The van der Waals surface area contributed by atoms with Crippen LogP contribution in [-0.2, 0) is 4.79 Å². The van der Waals surface area contributed by atoms with Gasteiger partial charge in [-0.05, 0) is 19.9 Å². The summed E-state index contributed by atoms with van der Waals surface area (Å²) in [7, 11) is 0. The van der Waals surface area contributed by atoms with Crippen LogP contribution in [0.4, 0.5) is 0 Å². The standard InChI is InChI=1S/C7H10O2/c1-7(2)5(8)3-4-6(7)9/h3-5,8H,1-2H3/t5-/m0/s1. The lowest BCUT2D eigenvalue weighted by atomic mass is 9.87. The van der Waals surface area contributed by atoms with Gasteiger partial charge in [-0.2, -0.15) is 0 Å². The van der Waals surface area contributed by atoms with Crippen molar-refractivity contribution in [1.29, 1.82) is 0 Å². The molecular formula is C7H10O2. The second-order valence-electron chi connectivity index (χ2n) is 2.89. The van der Waals surface area contributed by atoms with Crippen LogP contribution in [0.3, 0.4) is 0 Å². The lowest BCUT2D eigenvalue weighted by molar-refractivity contribution is -0.124. The Labute approximate surface area is 54.2 Å². The maximum absolute atomic E-state index is 10.9. The third-order valence-electron chi connectivity index (χ3n) is 1.80. The highest BCUT2D eigenvalue weighted by Gasteiger charge is 2.36. The van der Waals surface area contributed by atoms with Crippen LogP contribution in [0.2, 0.25) is 0 Å². The lowest BCUT2D eigenvalue weighted by Gasteiger charge is -2.19. The third kappa shape index (κ3) is 0.793. The van der Waals surface area contributed by atoms with Gasteiger partial charge in [0.1, 0.15) is 0 Å². The Morgan fingerprint density at radius 1 is 1.67 bits per heavy atom. The topological polar surface area (TPSA) is 37.3 Å². The molecule has 0 fully saturated rings. The molecule has 1 aliphatic carbocycles. The summed E-state index contributed by atoms with van der Waals surface area (Å²) in [6, 6.07) is 0. The van der Waals surface area contributed by atoms with E-state index in [1.54, 1.807) is 13.8 Å². The lowest BCUT2D eigenvalue weighted by Crippen LogP contribution is -2.29. The maximum atomic E-state index is 10.9. The molecule has 0 saturated carbocycles. The molecule has 1 aliphatic rings. The Bertz CT molecular complexity index is 168. The number of aliphatic hydroxyl groups is 1. The number of ketones is 1. The van der Waals surface area contributed by atoms with Crippen molar-refractivity contribution in [3.63, 3.8) is 0 Å². The number of hydrogen-bond donors (Lipinski definition) is 1. The number of carbonyl (C=O) groups is 1. The zero-order valence-corrected chi connectivity index (χ0v) is 5.59. The maximum Gasteiger partial charge on any atom is 0.163 e. The first kappa shape index (κ1) is 6.49. The van der Waals surface area contributed by atoms with Crippen LogP contribution in [0.25, 0.3) is 0 Å². The summed E-state index contributed by atoms with van der Waals surface area (Å²) in [6.45, 7) is 3.47. The second-order valence-corrected chi connectivity index (χ2v) is 2.89. The summed E-state index contributed by atoms with van der Waals surface area (Å²) in [4.78, 5) is 10.9. The second kappa shape index (κ2) is 1.67. The van der Waals surface area contributed by atoms with E-state index in [1.165, 1.54) is 12.2 Å². The average Bonchev–Trinajstić information content (AvgIpc) is 1.96. The minimum Gasteiger partial charge on any atom is -0.388 e. The van der Waals surface area contributed by atoms with Crippen molar-refractivity contribution in [3.8, 4) is 0 Å². The molecule has 0 aromatic carbocycles. The van der Waals surface area contributed by atoms with Gasteiger partial charge in [0.15, 0.2) is 5.78 Å². The van der Waals surface area contributed by atoms with Crippen LogP contribution in [0, 0.1) is 5.41 Å². The Morgan fingerprint density at radius 3 is 2.33 bits per heavy atom. The van der Waals surface area contributed by atoms with E-state index in [4.69, 9.17) is 5.11 Å². The first-order valence-corrected chi connectivity index (χ1v) is 2.96. The van der Waals surface area contributed by atoms with Gasteiger partial charge in [0.25, 0.3) is 0 Å². The van der Waals surface area contributed by atoms with Crippen molar-refractivity contribution < 1.29 is 9.90 Å². The molecule has 0 aromatic rings. The van der Waals surface area contributed by atoms with Gasteiger partial charge in [-0.15, -0.1) is 0 Å². The summed E-state index contributed by atoms with van der Waals surface area (Å²) in [6.07, 6.45) is 2.37. The van der Waals surface area contributed by atoms with Crippen molar-refractivity contribution in [2.45, 2.75) is 20.0 Å². The van der Waals surface area contributed by atoms with Gasteiger partial charge < -0.3 is 5.11 Å². The van der Waals surface area contributed by atoms with Gasteiger partial charge in [-0.1, -0.05) is 6.08 Å². The number of aliphatic hydroxyl groups excluding tert-OH is 1. The van der Waals surface area contributed by atoms with Crippen molar-refractivity contribution >= 4 is 5.78 Å². The first-order chi connectivity index (χ1) is 4.05. The van der Waals surface area contributed by atoms with Gasteiger partial charge in [-0.25, -0.2) is 0 Å². The molecule has 0 radical (unpaired) electrons. The number of rotatable bonds is 0. The van der Waals surface area contributed by atoms with Crippen molar-refractivity contribution in [1.82, 2.24) is 0 Å². The fourth-order valence-electron chi connectivity index (χ4n) is 0.780.